The zero-order valence-corrected chi connectivity index (χ0v) is 19.3. The maximum Gasteiger partial charge on any atom is 0.338 e. The van der Waals surface area contributed by atoms with Crippen LogP contribution in [0.2, 0.25) is 5.02 Å². The highest BCUT2D eigenvalue weighted by Crippen LogP contribution is 2.36. The van der Waals surface area contributed by atoms with E-state index in [-0.39, 0.29) is 52.2 Å². The molecule has 0 spiro atoms. The normalized spacial score (nSPS) is 11.0. The van der Waals surface area contributed by atoms with Crippen molar-refractivity contribution in [3.05, 3.63) is 52.1 Å². The fourth-order valence-corrected chi connectivity index (χ4v) is 3.39. The molecule has 10 heteroatoms. The van der Waals surface area contributed by atoms with E-state index in [9.17, 15) is 19.2 Å². The Morgan fingerprint density at radius 1 is 1.18 bits per heavy atom. The van der Waals surface area contributed by atoms with Gasteiger partial charge in [0, 0.05) is 28.8 Å². The van der Waals surface area contributed by atoms with Crippen molar-refractivity contribution in [2.45, 2.75) is 34.3 Å². The molecule has 33 heavy (non-hydrogen) atoms. The molecule has 2 aromatic heterocycles. The van der Waals surface area contributed by atoms with Crippen LogP contribution in [0.4, 0.5) is 5.69 Å². The van der Waals surface area contributed by atoms with E-state index in [2.05, 4.69) is 10.3 Å². The molecule has 0 aliphatic carbocycles. The molecule has 0 fully saturated rings. The van der Waals surface area contributed by atoms with Gasteiger partial charge in [-0.1, -0.05) is 25.4 Å². The first-order chi connectivity index (χ1) is 15.6. The summed E-state index contributed by atoms with van der Waals surface area (Å²) in [6.45, 7) is 6.26. The molecule has 0 bridgehead atoms. The van der Waals surface area contributed by atoms with Gasteiger partial charge in [-0.15, -0.1) is 0 Å². The molecular weight excluding hydrogens is 452 g/mol. The molecule has 3 rings (SSSR count). The van der Waals surface area contributed by atoms with Gasteiger partial charge in [-0.3, -0.25) is 14.4 Å². The van der Waals surface area contributed by atoms with Gasteiger partial charge in [-0.2, -0.15) is 0 Å². The maximum atomic E-state index is 13.4. The number of carbonyl (C=O) groups excluding carboxylic acids is 4. The van der Waals surface area contributed by atoms with Crippen LogP contribution < -0.4 is 5.32 Å². The van der Waals surface area contributed by atoms with Crippen LogP contribution in [-0.2, 0) is 25.7 Å². The van der Waals surface area contributed by atoms with Crippen molar-refractivity contribution in [2.75, 3.05) is 11.9 Å². The molecule has 9 nitrogen and oxygen atoms in total. The van der Waals surface area contributed by atoms with Crippen LogP contribution in [0.3, 0.4) is 0 Å². The Balaban J connectivity index is 2.21. The summed E-state index contributed by atoms with van der Waals surface area (Å²) < 4.78 is 15.5. The second kappa shape index (κ2) is 9.91. The molecule has 2 N–H and O–H groups in total. The number of rotatable bonds is 8. The number of esters is 2. The lowest BCUT2D eigenvalue weighted by Crippen LogP contribution is -2.20. The third-order valence-electron chi connectivity index (χ3n) is 4.74. The highest BCUT2D eigenvalue weighted by atomic mass is 35.5. The number of halogens is 1. The molecule has 3 aromatic rings. The zero-order valence-electron chi connectivity index (χ0n) is 18.5. The predicted molar refractivity (Wildman–Crippen MR) is 120 cm³/mol. The number of nitrogens with one attached hydrogen (secondary N) is 2. The lowest BCUT2D eigenvalue weighted by atomic mass is 10.1. The van der Waals surface area contributed by atoms with Crippen molar-refractivity contribution in [1.82, 2.24) is 4.98 Å². The summed E-state index contributed by atoms with van der Waals surface area (Å²) >= 11 is 6.19. The van der Waals surface area contributed by atoms with Gasteiger partial charge in [0.25, 0.3) is 0 Å². The molecule has 0 aliphatic heterocycles. The van der Waals surface area contributed by atoms with E-state index < -0.39 is 23.6 Å². The minimum absolute atomic E-state index is 0.0224. The Hall–Kier alpha value is -3.59. The average Bonchev–Trinajstić information content (AvgIpc) is 3.36. The maximum absolute atomic E-state index is 13.4. The molecule has 0 aliphatic rings. The van der Waals surface area contributed by atoms with Crippen LogP contribution in [0.5, 0.6) is 0 Å². The predicted octanol–water partition coefficient (Wildman–Crippen LogP) is 4.48. The minimum Gasteiger partial charge on any atom is -0.462 e. The summed E-state index contributed by atoms with van der Waals surface area (Å²) in [5.74, 6) is -2.63. The van der Waals surface area contributed by atoms with E-state index >= 15 is 0 Å². The van der Waals surface area contributed by atoms with E-state index in [0.29, 0.717) is 11.1 Å². The van der Waals surface area contributed by atoms with Gasteiger partial charge in [-0.25, -0.2) is 4.79 Å². The number of H-pyrrole nitrogens is 1. The highest BCUT2D eigenvalue weighted by molar-refractivity contribution is 6.33. The Labute approximate surface area is 194 Å². The number of fused-ring (bicyclic) bond motifs is 1. The summed E-state index contributed by atoms with van der Waals surface area (Å²) in [4.78, 5) is 52.8. The SMILES string of the molecule is CCOC(=O)c1cc(Cl)cc2[nH]c(C(=O)c3occc3COC(C)=O)c(NC(=O)C(C)C)c12. The lowest BCUT2D eigenvalue weighted by Gasteiger charge is -2.11. The van der Waals surface area contributed by atoms with Gasteiger partial charge in [0.15, 0.2) is 5.76 Å². The molecule has 0 saturated carbocycles. The van der Waals surface area contributed by atoms with Gasteiger partial charge in [0.1, 0.15) is 12.3 Å². The first-order valence-electron chi connectivity index (χ1n) is 10.2. The zero-order chi connectivity index (χ0) is 24.3. The van der Waals surface area contributed by atoms with Gasteiger partial charge < -0.3 is 24.2 Å². The third-order valence-corrected chi connectivity index (χ3v) is 4.96. The van der Waals surface area contributed by atoms with Crippen molar-refractivity contribution in [3.8, 4) is 0 Å². The summed E-state index contributed by atoms with van der Waals surface area (Å²) in [5, 5.41) is 3.25. The van der Waals surface area contributed by atoms with E-state index in [1.165, 1.54) is 31.4 Å². The summed E-state index contributed by atoms with van der Waals surface area (Å²) in [5.41, 5.74) is 0.863. The van der Waals surface area contributed by atoms with Crippen molar-refractivity contribution >= 4 is 51.8 Å². The van der Waals surface area contributed by atoms with Crippen molar-refractivity contribution in [2.24, 2.45) is 5.92 Å². The van der Waals surface area contributed by atoms with E-state index in [1.807, 2.05) is 0 Å². The number of aromatic nitrogens is 1. The summed E-state index contributed by atoms with van der Waals surface area (Å²) in [7, 11) is 0. The van der Waals surface area contributed by atoms with E-state index in [4.69, 9.17) is 25.5 Å². The van der Waals surface area contributed by atoms with Crippen molar-refractivity contribution < 1.29 is 33.1 Å². The fraction of sp³-hybridized carbons (Fsp3) is 0.304. The van der Waals surface area contributed by atoms with E-state index in [0.717, 1.165) is 0 Å². The monoisotopic (exact) mass is 474 g/mol. The summed E-state index contributed by atoms with van der Waals surface area (Å²) in [6, 6.07) is 4.45. The molecule has 2 heterocycles. The third kappa shape index (κ3) is 5.09. The molecule has 174 valence electrons. The van der Waals surface area contributed by atoms with Gasteiger partial charge in [0.05, 0.1) is 29.6 Å². The Kier molecular flexibility index (Phi) is 7.23. The topological polar surface area (TPSA) is 128 Å². The summed E-state index contributed by atoms with van der Waals surface area (Å²) in [6.07, 6.45) is 1.29. The second-order valence-electron chi connectivity index (χ2n) is 7.50. The van der Waals surface area contributed by atoms with Gasteiger partial charge >= 0.3 is 11.9 Å². The minimum atomic E-state index is -0.656. The number of furan rings is 1. The number of amides is 1. The smallest absolute Gasteiger partial charge is 0.338 e. The van der Waals surface area contributed by atoms with Crippen LogP contribution in [0.25, 0.3) is 10.9 Å². The van der Waals surface area contributed by atoms with E-state index in [1.54, 1.807) is 20.8 Å². The number of hydrogen-bond acceptors (Lipinski definition) is 7. The fourth-order valence-electron chi connectivity index (χ4n) is 3.17. The first-order valence-corrected chi connectivity index (χ1v) is 10.6. The second-order valence-corrected chi connectivity index (χ2v) is 7.94. The average molecular weight is 475 g/mol. The van der Waals surface area contributed by atoms with Crippen LogP contribution in [0.15, 0.2) is 28.9 Å². The number of benzene rings is 1. The van der Waals surface area contributed by atoms with Crippen LogP contribution in [-0.4, -0.2) is 35.2 Å². The molecule has 0 unspecified atom stereocenters. The van der Waals surface area contributed by atoms with Crippen LogP contribution >= 0.6 is 11.6 Å². The molecule has 0 atom stereocenters. The number of ketones is 1. The first kappa shape index (κ1) is 24.1. The lowest BCUT2D eigenvalue weighted by molar-refractivity contribution is -0.142. The quantitative estimate of drug-likeness (QED) is 0.364. The van der Waals surface area contributed by atoms with Gasteiger partial charge in [0.2, 0.25) is 11.7 Å². The number of carbonyl (C=O) groups is 4. The Bertz CT molecular complexity index is 1240. The Morgan fingerprint density at radius 2 is 1.91 bits per heavy atom. The molecular formula is C23H23ClN2O7. The molecule has 0 saturated heterocycles. The number of hydrogen-bond donors (Lipinski definition) is 2. The standard InChI is InChI=1S/C23H23ClN2O7/c1-5-31-23(30)15-8-14(24)9-16-17(15)18(26-22(29)11(2)3)19(25-16)20(28)21-13(6-7-32-21)10-33-12(4)27/h6-9,11,25H,5,10H2,1-4H3,(H,26,29). The number of anilines is 1. The largest absolute Gasteiger partial charge is 0.462 e. The molecule has 1 amide bonds. The number of ether oxygens (including phenoxy) is 2. The highest BCUT2D eigenvalue weighted by Gasteiger charge is 2.29. The van der Waals surface area contributed by atoms with Crippen LogP contribution in [0, 0.1) is 5.92 Å². The number of aromatic amines is 1. The van der Waals surface area contributed by atoms with Crippen molar-refractivity contribution in [3.63, 3.8) is 0 Å². The Morgan fingerprint density at radius 3 is 2.55 bits per heavy atom. The molecule has 0 radical (unpaired) electrons. The van der Waals surface area contributed by atoms with Gasteiger partial charge in [-0.05, 0) is 25.1 Å². The van der Waals surface area contributed by atoms with Crippen molar-refractivity contribution in [1.29, 1.82) is 0 Å². The molecule has 1 aromatic carbocycles. The van der Waals surface area contributed by atoms with Crippen LogP contribution in [0.1, 0.15) is 59.9 Å².